The second kappa shape index (κ2) is 10.8. The largest absolute Gasteiger partial charge is 0.372 e. The van der Waals surface area contributed by atoms with Crippen LogP contribution in [0.4, 0.5) is 5.69 Å². The highest BCUT2D eigenvalue weighted by molar-refractivity contribution is 5.85. The van der Waals surface area contributed by atoms with Crippen molar-refractivity contribution in [2.75, 3.05) is 11.9 Å². The van der Waals surface area contributed by atoms with Crippen molar-refractivity contribution < 1.29 is 9.59 Å². The standard InChI is InChI=1S/C16H24N2O2.C2H6/c1-5-14-7-8-15(10-12(14)2)18(4)13(3)6-9-16(20)17-11-19;1-2/h7-8,10-11,13H,5-6,9H2,1-4H3,(H,17,19,20);1-2H3. The lowest BCUT2D eigenvalue weighted by molar-refractivity contribution is -0.125. The molecule has 0 saturated heterocycles. The van der Waals surface area contributed by atoms with Crippen molar-refractivity contribution in [3.05, 3.63) is 29.3 Å². The summed E-state index contributed by atoms with van der Waals surface area (Å²) >= 11 is 0. The molecule has 1 aromatic carbocycles. The molecular formula is C18H30N2O2. The lowest BCUT2D eigenvalue weighted by Crippen LogP contribution is -2.31. The van der Waals surface area contributed by atoms with Gasteiger partial charge < -0.3 is 4.90 Å². The van der Waals surface area contributed by atoms with Crippen molar-refractivity contribution in [1.82, 2.24) is 5.32 Å². The molecule has 124 valence electrons. The van der Waals surface area contributed by atoms with Crippen molar-refractivity contribution in [2.24, 2.45) is 0 Å². The molecule has 0 aliphatic heterocycles. The minimum absolute atomic E-state index is 0.224. The number of aryl methyl sites for hydroxylation is 2. The number of carbonyl (C=O) groups excluding carboxylic acids is 2. The molecule has 0 saturated carbocycles. The summed E-state index contributed by atoms with van der Waals surface area (Å²) in [5, 5.41) is 2.17. The van der Waals surface area contributed by atoms with Crippen LogP contribution < -0.4 is 10.2 Å². The average Bonchev–Trinajstić information content (AvgIpc) is 2.54. The van der Waals surface area contributed by atoms with Gasteiger partial charge in [-0.15, -0.1) is 0 Å². The van der Waals surface area contributed by atoms with Crippen molar-refractivity contribution in [3.8, 4) is 0 Å². The third kappa shape index (κ3) is 6.29. The summed E-state index contributed by atoms with van der Waals surface area (Å²) in [4.78, 5) is 23.6. The van der Waals surface area contributed by atoms with Gasteiger partial charge in [0.1, 0.15) is 0 Å². The third-order valence-electron chi connectivity index (χ3n) is 3.78. The summed E-state index contributed by atoms with van der Waals surface area (Å²) in [5.74, 6) is -0.224. The molecule has 22 heavy (non-hydrogen) atoms. The van der Waals surface area contributed by atoms with E-state index >= 15 is 0 Å². The van der Waals surface area contributed by atoms with Gasteiger partial charge in [0, 0.05) is 25.2 Å². The van der Waals surface area contributed by atoms with E-state index in [1.165, 1.54) is 11.1 Å². The van der Waals surface area contributed by atoms with Crippen LogP contribution in [-0.4, -0.2) is 25.4 Å². The first-order valence-corrected chi connectivity index (χ1v) is 8.05. The maximum atomic E-state index is 11.3. The highest BCUT2D eigenvalue weighted by Gasteiger charge is 2.12. The van der Waals surface area contributed by atoms with Gasteiger partial charge in [-0.25, -0.2) is 0 Å². The molecule has 4 heteroatoms. The summed E-state index contributed by atoms with van der Waals surface area (Å²) in [6.07, 6.45) is 2.54. The minimum atomic E-state index is -0.224. The molecule has 0 aromatic heterocycles. The first-order valence-electron chi connectivity index (χ1n) is 8.05. The molecule has 0 aliphatic carbocycles. The summed E-state index contributed by atoms with van der Waals surface area (Å²) < 4.78 is 0. The molecule has 1 N–H and O–H groups in total. The van der Waals surface area contributed by atoms with E-state index in [9.17, 15) is 9.59 Å². The van der Waals surface area contributed by atoms with Crippen LogP contribution in [0.15, 0.2) is 18.2 Å². The highest BCUT2D eigenvalue weighted by atomic mass is 16.2. The molecule has 0 aliphatic rings. The van der Waals surface area contributed by atoms with Crippen molar-refractivity contribution in [2.45, 2.75) is 59.9 Å². The zero-order valence-electron chi connectivity index (χ0n) is 14.8. The Kier molecular flexibility index (Phi) is 9.92. The van der Waals surface area contributed by atoms with Gasteiger partial charge in [-0.2, -0.15) is 0 Å². The Morgan fingerprint density at radius 2 is 2.00 bits per heavy atom. The molecule has 1 unspecified atom stereocenters. The number of rotatable bonds is 7. The Labute approximate surface area is 134 Å². The van der Waals surface area contributed by atoms with Crippen molar-refractivity contribution in [1.29, 1.82) is 0 Å². The molecule has 0 heterocycles. The average molecular weight is 306 g/mol. The Morgan fingerprint density at radius 3 is 2.50 bits per heavy atom. The number of nitrogens with zero attached hydrogens (tertiary/aromatic N) is 1. The van der Waals surface area contributed by atoms with Crippen LogP contribution in [0.1, 0.15) is 51.7 Å². The first-order chi connectivity index (χ1) is 10.5. The molecule has 0 bridgehead atoms. The summed E-state index contributed by atoms with van der Waals surface area (Å²) in [6.45, 7) is 10.4. The zero-order valence-corrected chi connectivity index (χ0v) is 14.8. The van der Waals surface area contributed by atoms with E-state index in [0.717, 1.165) is 12.1 Å². The van der Waals surface area contributed by atoms with Crippen LogP contribution in [0.3, 0.4) is 0 Å². The van der Waals surface area contributed by atoms with Gasteiger partial charge >= 0.3 is 0 Å². The number of benzene rings is 1. The van der Waals surface area contributed by atoms with E-state index in [-0.39, 0.29) is 11.9 Å². The van der Waals surface area contributed by atoms with Crippen molar-refractivity contribution >= 4 is 18.0 Å². The van der Waals surface area contributed by atoms with Gasteiger partial charge in [0.05, 0.1) is 0 Å². The van der Waals surface area contributed by atoms with E-state index in [4.69, 9.17) is 0 Å². The normalized spacial score (nSPS) is 11.0. The highest BCUT2D eigenvalue weighted by Crippen LogP contribution is 2.21. The van der Waals surface area contributed by atoms with E-state index in [1.807, 2.05) is 20.9 Å². The molecule has 1 rings (SSSR count). The maximum absolute atomic E-state index is 11.3. The fourth-order valence-corrected chi connectivity index (χ4v) is 2.22. The van der Waals surface area contributed by atoms with Crippen LogP contribution in [0.25, 0.3) is 0 Å². The molecular weight excluding hydrogens is 276 g/mol. The fourth-order valence-electron chi connectivity index (χ4n) is 2.22. The summed E-state index contributed by atoms with van der Waals surface area (Å²) in [5.41, 5.74) is 3.81. The number of amides is 2. The lowest BCUT2D eigenvalue weighted by atomic mass is 10.0. The minimum Gasteiger partial charge on any atom is -0.372 e. The van der Waals surface area contributed by atoms with Gasteiger partial charge in [-0.3, -0.25) is 14.9 Å². The summed E-state index contributed by atoms with van der Waals surface area (Å²) in [7, 11) is 2.03. The molecule has 1 aromatic rings. The predicted molar refractivity (Wildman–Crippen MR) is 93.2 cm³/mol. The number of carbonyl (C=O) groups is 2. The van der Waals surface area contributed by atoms with Crippen LogP contribution in [0, 0.1) is 6.92 Å². The van der Waals surface area contributed by atoms with E-state index in [0.29, 0.717) is 19.3 Å². The van der Waals surface area contributed by atoms with Gasteiger partial charge in [0.2, 0.25) is 12.3 Å². The lowest BCUT2D eigenvalue weighted by Gasteiger charge is -2.27. The van der Waals surface area contributed by atoms with Gasteiger partial charge in [-0.1, -0.05) is 26.8 Å². The Balaban J connectivity index is 0.00000211. The second-order valence-corrected chi connectivity index (χ2v) is 5.15. The van der Waals surface area contributed by atoms with Crippen LogP contribution in [-0.2, 0) is 16.0 Å². The van der Waals surface area contributed by atoms with Crippen LogP contribution in [0.5, 0.6) is 0 Å². The maximum Gasteiger partial charge on any atom is 0.226 e. The smallest absolute Gasteiger partial charge is 0.226 e. The molecule has 4 nitrogen and oxygen atoms in total. The number of hydrogen-bond donors (Lipinski definition) is 1. The van der Waals surface area contributed by atoms with E-state index in [1.54, 1.807) is 0 Å². The van der Waals surface area contributed by atoms with Gasteiger partial charge in [-0.05, 0) is 49.9 Å². The number of anilines is 1. The molecule has 2 amide bonds. The Hall–Kier alpha value is -1.84. The fraction of sp³-hybridized carbons (Fsp3) is 0.556. The predicted octanol–water partition coefficient (Wildman–Crippen LogP) is 3.46. The Morgan fingerprint density at radius 1 is 1.36 bits per heavy atom. The van der Waals surface area contributed by atoms with Gasteiger partial charge in [0.15, 0.2) is 0 Å². The quantitative estimate of drug-likeness (QED) is 0.785. The van der Waals surface area contributed by atoms with Gasteiger partial charge in [0.25, 0.3) is 0 Å². The number of hydrogen-bond acceptors (Lipinski definition) is 3. The number of nitrogens with one attached hydrogen (secondary N) is 1. The first kappa shape index (κ1) is 20.2. The van der Waals surface area contributed by atoms with Crippen LogP contribution in [0.2, 0.25) is 0 Å². The van der Waals surface area contributed by atoms with E-state index < -0.39 is 0 Å². The van der Waals surface area contributed by atoms with Crippen LogP contribution >= 0.6 is 0 Å². The zero-order chi connectivity index (χ0) is 17.1. The monoisotopic (exact) mass is 306 g/mol. The second-order valence-electron chi connectivity index (χ2n) is 5.15. The molecule has 0 spiro atoms. The molecule has 1 atom stereocenters. The molecule has 0 radical (unpaired) electrons. The third-order valence-corrected chi connectivity index (χ3v) is 3.78. The van der Waals surface area contributed by atoms with Crippen molar-refractivity contribution in [3.63, 3.8) is 0 Å². The number of imide groups is 1. The molecule has 0 fully saturated rings. The summed E-state index contributed by atoms with van der Waals surface area (Å²) in [6, 6.07) is 6.70. The Bertz CT molecular complexity index is 472. The van der Waals surface area contributed by atoms with E-state index in [2.05, 4.69) is 49.2 Å². The topological polar surface area (TPSA) is 49.4 Å². The SMILES string of the molecule is CC.CCc1ccc(N(C)C(C)CCC(=O)NC=O)cc1C.